The van der Waals surface area contributed by atoms with Crippen molar-refractivity contribution in [2.45, 2.75) is 39.4 Å². The SMILES string of the molecule is CC(C)CN=C(N)CSC(C)(C)C. The first-order valence-corrected chi connectivity index (χ1v) is 5.72. The van der Waals surface area contributed by atoms with Gasteiger partial charge in [-0.1, -0.05) is 34.6 Å². The lowest BCUT2D eigenvalue weighted by Crippen LogP contribution is -2.20. The first-order valence-electron chi connectivity index (χ1n) is 4.74. The van der Waals surface area contributed by atoms with Gasteiger partial charge in [0, 0.05) is 11.3 Å². The maximum atomic E-state index is 5.76. The van der Waals surface area contributed by atoms with Gasteiger partial charge in [-0.05, 0) is 5.92 Å². The predicted octanol–water partition coefficient (Wildman–Crippen LogP) is 2.53. The maximum Gasteiger partial charge on any atom is 0.104 e. The Kier molecular flexibility index (Phi) is 5.45. The number of thioether (sulfide) groups is 1. The molecule has 0 fully saturated rings. The van der Waals surface area contributed by atoms with Crippen LogP contribution in [0.15, 0.2) is 4.99 Å². The first kappa shape index (κ1) is 12.8. The van der Waals surface area contributed by atoms with Crippen molar-refractivity contribution in [3.05, 3.63) is 0 Å². The Labute approximate surface area is 86.4 Å². The molecule has 0 aliphatic carbocycles. The van der Waals surface area contributed by atoms with E-state index in [0.717, 1.165) is 18.1 Å². The summed E-state index contributed by atoms with van der Waals surface area (Å²) in [5.74, 6) is 2.21. The Morgan fingerprint density at radius 1 is 1.38 bits per heavy atom. The van der Waals surface area contributed by atoms with E-state index in [9.17, 15) is 0 Å². The Morgan fingerprint density at radius 2 is 1.92 bits per heavy atom. The van der Waals surface area contributed by atoms with Crippen molar-refractivity contribution in [3.8, 4) is 0 Å². The second kappa shape index (κ2) is 5.53. The van der Waals surface area contributed by atoms with Crippen LogP contribution in [0.25, 0.3) is 0 Å². The molecule has 0 aromatic carbocycles. The van der Waals surface area contributed by atoms with Crippen molar-refractivity contribution in [1.29, 1.82) is 0 Å². The van der Waals surface area contributed by atoms with Crippen LogP contribution in [0, 0.1) is 5.92 Å². The summed E-state index contributed by atoms with van der Waals surface area (Å²) in [6, 6.07) is 0. The highest BCUT2D eigenvalue weighted by Gasteiger charge is 2.10. The van der Waals surface area contributed by atoms with E-state index >= 15 is 0 Å². The summed E-state index contributed by atoms with van der Waals surface area (Å²) < 4.78 is 0.276. The number of hydrogen-bond acceptors (Lipinski definition) is 2. The topological polar surface area (TPSA) is 38.4 Å². The van der Waals surface area contributed by atoms with E-state index in [1.54, 1.807) is 0 Å². The molecule has 2 nitrogen and oxygen atoms in total. The Hall–Kier alpha value is -0.180. The third kappa shape index (κ3) is 9.74. The van der Waals surface area contributed by atoms with Crippen molar-refractivity contribution in [3.63, 3.8) is 0 Å². The van der Waals surface area contributed by atoms with Gasteiger partial charge in [-0.3, -0.25) is 4.99 Å². The zero-order chi connectivity index (χ0) is 10.5. The third-order valence-corrected chi connectivity index (χ3v) is 2.62. The van der Waals surface area contributed by atoms with E-state index < -0.39 is 0 Å². The van der Waals surface area contributed by atoms with Gasteiger partial charge in [0.1, 0.15) is 5.84 Å². The van der Waals surface area contributed by atoms with Gasteiger partial charge in [0.25, 0.3) is 0 Å². The monoisotopic (exact) mass is 202 g/mol. The zero-order valence-electron chi connectivity index (χ0n) is 9.42. The van der Waals surface area contributed by atoms with Crippen LogP contribution in [0.5, 0.6) is 0 Å². The fourth-order valence-corrected chi connectivity index (χ4v) is 1.31. The summed E-state index contributed by atoms with van der Waals surface area (Å²) in [6.45, 7) is 11.7. The molecule has 0 rings (SSSR count). The van der Waals surface area contributed by atoms with Crippen molar-refractivity contribution >= 4 is 17.6 Å². The van der Waals surface area contributed by atoms with Crippen molar-refractivity contribution in [1.82, 2.24) is 0 Å². The quantitative estimate of drug-likeness (QED) is 0.562. The highest BCUT2D eigenvalue weighted by molar-refractivity contribution is 8.01. The van der Waals surface area contributed by atoms with Crippen molar-refractivity contribution in [2.24, 2.45) is 16.6 Å². The zero-order valence-corrected chi connectivity index (χ0v) is 10.2. The van der Waals surface area contributed by atoms with Crippen LogP contribution in [-0.4, -0.2) is 22.9 Å². The van der Waals surface area contributed by atoms with Crippen molar-refractivity contribution < 1.29 is 0 Å². The summed E-state index contributed by atoms with van der Waals surface area (Å²) in [4.78, 5) is 4.30. The van der Waals surface area contributed by atoms with E-state index in [0.29, 0.717) is 5.92 Å². The smallest absolute Gasteiger partial charge is 0.104 e. The van der Waals surface area contributed by atoms with Crippen LogP contribution in [0.1, 0.15) is 34.6 Å². The fourth-order valence-electron chi connectivity index (χ4n) is 0.636. The molecule has 0 unspecified atom stereocenters. The van der Waals surface area contributed by atoms with Gasteiger partial charge in [0.15, 0.2) is 0 Å². The minimum absolute atomic E-state index is 0.276. The van der Waals surface area contributed by atoms with E-state index in [-0.39, 0.29) is 4.75 Å². The number of aliphatic imine (C=N–C) groups is 1. The van der Waals surface area contributed by atoms with Gasteiger partial charge < -0.3 is 5.73 Å². The van der Waals surface area contributed by atoms with Crippen LogP contribution in [0.4, 0.5) is 0 Å². The Morgan fingerprint density at radius 3 is 2.31 bits per heavy atom. The second-order valence-corrected chi connectivity index (χ2v) is 6.43. The lowest BCUT2D eigenvalue weighted by atomic mass is 10.2. The summed E-state index contributed by atoms with van der Waals surface area (Å²) in [7, 11) is 0. The highest BCUT2D eigenvalue weighted by Crippen LogP contribution is 2.22. The van der Waals surface area contributed by atoms with Crippen LogP contribution >= 0.6 is 11.8 Å². The molecule has 0 aliphatic rings. The number of hydrogen-bond donors (Lipinski definition) is 1. The fraction of sp³-hybridized carbons (Fsp3) is 0.900. The molecule has 0 amide bonds. The molecule has 0 aromatic rings. The third-order valence-electron chi connectivity index (χ3n) is 1.31. The number of nitrogens with two attached hydrogens (primary N) is 1. The molecule has 78 valence electrons. The standard InChI is InChI=1S/C10H22N2S/c1-8(2)6-12-9(11)7-13-10(3,4)5/h8H,6-7H2,1-5H3,(H2,11,12). The molecular weight excluding hydrogens is 180 g/mol. The lowest BCUT2D eigenvalue weighted by molar-refractivity contribution is 0.665. The van der Waals surface area contributed by atoms with Crippen LogP contribution < -0.4 is 5.73 Å². The summed E-state index contributed by atoms with van der Waals surface area (Å²) in [6.07, 6.45) is 0. The van der Waals surface area contributed by atoms with Crippen LogP contribution in [0.3, 0.4) is 0 Å². The molecule has 0 saturated carbocycles. The molecule has 0 saturated heterocycles. The average molecular weight is 202 g/mol. The van der Waals surface area contributed by atoms with E-state index in [1.165, 1.54) is 0 Å². The predicted molar refractivity (Wildman–Crippen MR) is 63.5 cm³/mol. The highest BCUT2D eigenvalue weighted by atomic mass is 32.2. The molecule has 0 atom stereocenters. The van der Waals surface area contributed by atoms with Gasteiger partial charge in [0.2, 0.25) is 0 Å². The summed E-state index contributed by atoms with van der Waals surface area (Å²) >= 11 is 1.84. The molecule has 2 N–H and O–H groups in total. The average Bonchev–Trinajstić information content (AvgIpc) is 1.95. The van der Waals surface area contributed by atoms with Crippen LogP contribution in [0.2, 0.25) is 0 Å². The summed E-state index contributed by atoms with van der Waals surface area (Å²) in [5, 5.41) is 0. The van der Waals surface area contributed by atoms with Gasteiger partial charge in [-0.2, -0.15) is 0 Å². The minimum Gasteiger partial charge on any atom is -0.387 e. The molecule has 0 aliphatic heterocycles. The minimum atomic E-state index is 0.276. The molecule has 0 radical (unpaired) electrons. The maximum absolute atomic E-state index is 5.76. The molecule has 13 heavy (non-hydrogen) atoms. The Bertz CT molecular complexity index is 168. The van der Waals surface area contributed by atoms with Gasteiger partial charge in [-0.15, -0.1) is 11.8 Å². The first-order chi connectivity index (χ1) is 5.81. The molecule has 3 heteroatoms. The second-order valence-electron chi connectivity index (χ2n) is 4.63. The van der Waals surface area contributed by atoms with E-state index in [4.69, 9.17) is 5.73 Å². The van der Waals surface area contributed by atoms with E-state index in [1.807, 2.05) is 11.8 Å². The lowest BCUT2D eigenvalue weighted by Gasteiger charge is -2.17. The normalized spacial score (nSPS) is 13.8. The number of rotatable bonds is 4. The van der Waals surface area contributed by atoms with Gasteiger partial charge >= 0.3 is 0 Å². The Balaban J connectivity index is 3.74. The van der Waals surface area contributed by atoms with Crippen LogP contribution in [-0.2, 0) is 0 Å². The molecule has 0 heterocycles. The van der Waals surface area contributed by atoms with Gasteiger partial charge in [0.05, 0.1) is 5.75 Å². The molecule has 0 aromatic heterocycles. The molecule has 0 bridgehead atoms. The van der Waals surface area contributed by atoms with Crippen molar-refractivity contribution in [2.75, 3.05) is 12.3 Å². The number of nitrogens with zero attached hydrogens (tertiary/aromatic N) is 1. The van der Waals surface area contributed by atoms with E-state index in [2.05, 4.69) is 39.6 Å². The molecular formula is C10H22N2S. The summed E-state index contributed by atoms with van der Waals surface area (Å²) in [5.41, 5.74) is 5.76. The molecule has 0 spiro atoms. The number of amidine groups is 1. The largest absolute Gasteiger partial charge is 0.387 e. The van der Waals surface area contributed by atoms with Gasteiger partial charge in [-0.25, -0.2) is 0 Å².